The summed E-state index contributed by atoms with van der Waals surface area (Å²) in [5, 5.41) is 16.8. The van der Waals surface area contributed by atoms with Gasteiger partial charge in [0.15, 0.2) is 0 Å². The first-order valence-electron chi connectivity index (χ1n) is 10.5. The summed E-state index contributed by atoms with van der Waals surface area (Å²) in [6.45, 7) is 4.92. The van der Waals surface area contributed by atoms with Gasteiger partial charge in [-0.3, -0.25) is 15.0 Å². The van der Waals surface area contributed by atoms with Crippen molar-refractivity contribution in [2.24, 2.45) is 0 Å². The van der Waals surface area contributed by atoms with Gasteiger partial charge in [0.05, 0.1) is 6.04 Å². The number of likely N-dealkylation sites (tertiary alicyclic amines) is 1. The van der Waals surface area contributed by atoms with E-state index in [0.717, 1.165) is 30.6 Å². The maximum absolute atomic E-state index is 12.5. The van der Waals surface area contributed by atoms with Crippen molar-refractivity contribution in [3.8, 4) is 0 Å². The molecule has 1 aliphatic heterocycles. The Morgan fingerprint density at radius 1 is 1.30 bits per heavy atom. The number of nitrogens with zero attached hydrogens (tertiary/aromatic N) is 2. The van der Waals surface area contributed by atoms with Gasteiger partial charge in [0.1, 0.15) is 12.0 Å². The fourth-order valence-corrected chi connectivity index (χ4v) is 4.09. The number of rotatable bonds is 7. The molecule has 3 rings (SSSR count). The van der Waals surface area contributed by atoms with Crippen molar-refractivity contribution >= 4 is 11.7 Å². The standard InChI is InChI=1S/C23H33N5O2/c1-15-19(9-10-21(24)26-15)14-25-22(29)16(2)27-23(30)20-13-18(11-12-28(20)3)17-7-5-4-6-8-17/h4-10,16,18,20,23,27,30H,11-14H2,1-3H3,(H2,24,26)(H,25,29)/t16-,18-,20+,23?/m0/s1. The van der Waals surface area contributed by atoms with Crippen molar-refractivity contribution in [2.75, 3.05) is 19.3 Å². The Bertz CT molecular complexity index is 845. The fourth-order valence-electron chi connectivity index (χ4n) is 4.09. The van der Waals surface area contributed by atoms with Crippen molar-refractivity contribution in [3.63, 3.8) is 0 Å². The van der Waals surface area contributed by atoms with Gasteiger partial charge in [0, 0.05) is 18.3 Å². The van der Waals surface area contributed by atoms with E-state index in [0.29, 0.717) is 18.3 Å². The summed E-state index contributed by atoms with van der Waals surface area (Å²) < 4.78 is 0. The van der Waals surface area contributed by atoms with E-state index >= 15 is 0 Å². The number of likely N-dealkylation sites (N-methyl/N-ethyl adjacent to an activating group) is 1. The molecule has 1 saturated heterocycles. The molecule has 5 N–H and O–H groups in total. The average Bonchev–Trinajstić information content (AvgIpc) is 2.73. The Morgan fingerprint density at radius 3 is 2.73 bits per heavy atom. The minimum Gasteiger partial charge on any atom is -0.384 e. The monoisotopic (exact) mass is 411 g/mol. The Kier molecular flexibility index (Phi) is 7.42. The largest absolute Gasteiger partial charge is 0.384 e. The molecule has 7 nitrogen and oxygen atoms in total. The normalized spacial score (nSPS) is 21.7. The number of hydrogen-bond acceptors (Lipinski definition) is 6. The second-order valence-electron chi connectivity index (χ2n) is 8.21. The van der Waals surface area contributed by atoms with E-state index in [-0.39, 0.29) is 11.9 Å². The van der Waals surface area contributed by atoms with Gasteiger partial charge in [0.2, 0.25) is 5.91 Å². The van der Waals surface area contributed by atoms with Gasteiger partial charge in [-0.15, -0.1) is 0 Å². The van der Waals surface area contributed by atoms with Crippen LogP contribution in [0.1, 0.15) is 42.5 Å². The average molecular weight is 412 g/mol. The minimum absolute atomic E-state index is 0.0530. The molecule has 1 aromatic heterocycles. The van der Waals surface area contributed by atoms with Gasteiger partial charge in [-0.25, -0.2) is 4.98 Å². The molecule has 2 aromatic rings. The van der Waals surface area contributed by atoms with Gasteiger partial charge in [-0.2, -0.15) is 0 Å². The maximum atomic E-state index is 12.5. The van der Waals surface area contributed by atoms with Gasteiger partial charge in [-0.1, -0.05) is 36.4 Å². The smallest absolute Gasteiger partial charge is 0.237 e. The Labute approximate surface area is 178 Å². The van der Waals surface area contributed by atoms with Crippen molar-refractivity contribution < 1.29 is 9.90 Å². The number of amides is 1. The number of carbonyl (C=O) groups is 1. The summed E-state index contributed by atoms with van der Waals surface area (Å²) in [7, 11) is 2.03. The Balaban J connectivity index is 1.54. The number of nitrogens with two attached hydrogens (primary N) is 1. The third-order valence-electron chi connectivity index (χ3n) is 6.04. The summed E-state index contributed by atoms with van der Waals surface area (Å²) >= 11 is 0. The predicted molar refractivity (Wildman–Crippen MR) is 119 cm³/mol. The molecule has 2 heterocycles. The van der Waals surface area contributed by atoms with Crippen LogP contribution in [0.3, 0.4) is 0 Å². The van der Waals surface area contributed by atoms with E-state index in [9.17, 15) is 9.90 Å². The molecular formula is C23H33N5O2. The summed E-state index contributed by atoms with van der Waals surface area (Å²) in [4.78, 5) is 18.9. The molecule has 0 aliphatic carbocycles. The summed E-state index contributed by atoms with van der Waals surface area (Å²) in [5.41, 5.74) is 8.70. The first kappa shape index (κ1) is 22.2. The molecule has 1 unspecified atom stereocenters. The highest BCUT2D eigenvalue weighted by Gasteiger charge is 2.33. The summed E-state index contributed by atoms with van der Waals surface area (Å²) in [5.74, 6) is 0.712. The zero-order valence-corrected chi connectivity index (χ0v) is 18.0. The number of aryl methyl sites for hydroxylation is 1. The lowest BCUT2D eigenvalue weighted by molar-refractivity contribution is -0.124. The van der Waals surface area contributed by atoms with Crippen molar-refractivity contribution in [2.45, 2.75) is 57.5 Å². The second kappa shape index (κ2) is 10.0. The van der Waals surface area contributed by atoms with Crippen LogP contribution in [0.5, 0.6) is 0 Å². The Morgan fingerprint density at radius 2 is 2.03 bits per heavy atom. The highest BCUT2D eigenvalue weighted by molar-refractivity contribution is 5.81. The first-order chi connectivity index (χ1) is 14.3. The van der Waals surface area contributed by atoms with E-state index < -0.39 is 12.3 Å². The number of nitrogens with one attached hydrogen (secondary N) is 2. The number of anilines is 1. The quantitative estimate of drug-likeness (QED) is 0.518. The summed E-state index contributed by atoms with van der Waals surface area (Å²) in [6, 6.07) is 13.5. The molecule has 162 valence electrons. The van der Waals surface area contributed by atoms with Crippen LogP contribution in [-0.4, -0.2) is 52.8 Å². The number of aliphatic hydroxyl groups excluding tert-OH is 1. The van der Waals surface area contributed by atoms with Gasteiger partial charge in [-0.05, 0) is 63.4 Å². The molecule has 0 bridgehead atoms. The van der Waals surface area contributed by atoms with Crippen molar-refractivity contribution in [1.29, 1.82) is 0 Å². The van der Waals surface area contributed by atoms with Crippen molar-refractivity contribution in [3.05, 3.63) is 59.3 Å². The molecule has 0 spiro atoms. The predicted octanol–water partition coefficient (Wildman–Crippen LogP) is 1.76. The van der Waals surface area contributed by atoms with Crippen molar-refractivity contribution in [1.82, 2.24) is 20.5 Å². The SMILES string of the molecule is Cc1nc(N)ccc1CNC(=O)[C@H](C)NC(O)[C@H]1C[C@@H](c2ccccc2)CCN1C. The second-order valence-corrected chi connectivity index (χ2v) is 8.21. The molecule has 1 aromatic carbocycles. The van der Waals surface area contributed by atoms with Gasteiger partial charge >= 0.3 is 0 Å². The molecule has 1 aliphatic rings. The number of carbonyl (C=O) groups excluding carboxylic acids is 1. The van der Waals surface area contributed by atoms with Crippen LogP contribution >= 0.6 is 0 Å². The lowest BCUT2D eigenvalue weighted by Crippen LogP contribution is -2.56. The number of piperidine rings is 1. The number of hydrogen-bond donors (Lipinski definition) is 4. The number of benzene rings is 1. The van der Waals surface area contributed by atoms with E-state index in [1.54, 1.807) is 13.0 Å². The minimum atomic E-state index is -0.790. The lowest BCUT2D eigenvalue weighted by atomic mass is 9.85. The van der Waals surface area contributed by atoms with Crippen LogP contribution in [0.2, 0.25) is 0 Å². The zero-order chi connectivity index (χ0) is 21.7. The fraction of sp³-hybridized carbons (Fsp3) is 0.478. The molecule has 1 amide bonds. The lowest BCUT2D eigenvalue weighted by Gasteiger charge is -2.40. The topological polar surface area (TPSA) is 104 Å². The van der Waals surface area contributed by atoms with Crippen LogP contribution in [-0.2, 0) is 11.3 Å². The molecular weight excluding hydrogens is 378 g/mol. The molecule has 30 heavy (non-hydrogen) atoms. The highest BCUT2D eigenvalue weighted by atomic mass is 16.3. The van der Waals surface area contributed by atoms with E-state index in [2.05, 4.69) is 44.8 Å². The number of nitrogen functional groups attached to an aromatic ring is 1. The van der Waals surface area contributed by atoms with Gasteiger partial charge < -0.3 is 16.2 Å². The number of aliphatic hydroxyl groups is 1. The van der Waals surface area contributed by atoms with Gasteiger partial charge in [0.25, 0.3) is 0 Å². The van der Waals surface area contributed by atoms with Crippen LogP contribution in [0.15, 0.2) is 42.5 Å². The first-order valence-corrected chi connectivity index (χ1v) is 10.5. The maximum Gasteiger partial charge on any atom is 0.237 e. The molecule has 4 atom stereocenters. The highest BCUT2D eigenvalue weighted by Crippen LogP contribution is 2.31. The van der Waals surface area contributed by atoms with E-state index in [1.165, 1.54) is 5.56 Å². The zero-order valence-electron chi connectivity index (χ0n) is 18.0. The molecule has 1 fully saturated rings. The van der Waals surface area contributed by atoms with E-state index in [4.69, 9.17) is 5.73 Å². The van der Waals surface area contributed by atoms with Crippen LogP contribution < -0.4 is 16.4 Å². The number of pyridine rings is 1. The Hall–Kier alpha value is -2.48. The molecule has 0 saturated carbocycles. The molecule has 0 radical (unpaired) electrons. The third kappa shape index (κ3) is 5.56. The van der Waals surface area contributed by atoms with E-state index in [1.807, 2.05) is 26.1 Å². The number of aromatic nitrogens is 1. The summed E-state index contributed by atoms with van der Waals surface area (Å²) in [6.07, 6.45) is 1.12. The van der Waals surface area contributed by atoms with Crippen LogP contribution in [0, 0.1) is 6.92 Å². The van der Waals surface area contributed by atoms with Crippen LogP contribution in [0.4, 0.5) is 5.82 Å². The van der Waals surface area contributed by atoms with Crippen LogP contribution in [0.25, 0.3) is 0 Å². The third-order valence-corrected chi connectivity index (χ3v) is 6.04. The molecule has 7 heteroatoms.